The minimum Gasteiger partial charge on any atom is -0.366 e. The highest BCUT2D eigenvalue weighted by Gasteiger charge is 1.76. The quantitative estimate of drug-likeness (QED) is 0.307. The molecule has 0 aromatic rings. The van der Waals surface area contributed by atoms with E-state index >= 15 is 0 Å². The van der Waals surface area contributed by atoms with Crippen molar-refractivity contribution in [2.75, 3.05) is 0 Å². The minimum absolute atomic E-state index is 0.518. The normalized spacial score (nSPS) is 10.4. The van der Waals surface area contributed by atoms with Gasteiger partial charge in [-0.15, -0.1) is 0 Å². The molecule has 4 heteroatoms. The summed E-state index contributed by atoms with van der Waals surface area (Å²) in [6.07, 6.45) is 6.00. The van der Waals surface area contributed by atoms with Gasteiger partial charge in [0.25, 0.3) is 0 Å². The van der Waals surface area contributed by atoms with Crippen LogP contribution in [0.2, 0.25) is 0 Å². The lowest BCUT2D eigenvalue weighted by Gasteiger charge is -1.78. The maximum atomic E-state index is 10.0. The van der Waals surface area contributed by atoms with Crippen LogP contribution in [0.5, 0.6) is 0 Å². The lowest BCUT2D eigenvalue weighted by molar-refractivity contribution is -0.113. The summed E-state index contributed by atoms with van der Waals surface area (Å²) in [4.78, 5) is 19.7. The number of amides is 2. The van der Waals surface area contributed by atoms with Gasteiger partial charge < -0.3 is 11.1 Å². The van der Waals surface area contributed by atoms with Crippen LogP contribution in [0.15, 0.2) is 24.4 Å². The molecule has 0 bridgehead atoms. The molecular formula is C6H8N2O2. The van der Waals surface area contributed by atoms with Crippen LogP contribution in [-0.2, 0) is 9.59 Å². The van der Waals surface area contributed by atoms with Crippen LogP contribution < -0.4 is 11.1 Å². The lowest BCUT2D eigenvalue weighted by atomic mass is 10.4. The largest absolute Gasteiger partial charge is 0.366 e. The molecule has 0 aromatic carbocycles. The Hall–Kier alpha value is -1.58. The number of hydrogen-bond donors (Lipinski definition) is 2. The Morgan fingerprint density at radius 1 is 1.40 bits per heavy atom. The van der Waals surface area contributed by atoms with Gasteiger partial charge in [-0.2, -0.15) is 0 Å². The fourth-order valence-electron chi connectivity index (χ4n) is 0.301. The van der Waals surface area contributed by atoms with Crippen molar-refractivity contribution < 1.29 is 9.59 Å². The smallest absolute Gasteiger partial charge is 0.241 e. The topological polar surface area (TPSA) is 72.2 Å². The molecule has 0 fully saturated rings. The molecule has 4 nitrogen and oxygen atoms in total. The molecule has 3 N–H and O–H groups in total. The van der Waals surface area contributed by atoms with Crippen LogP contribution in [-0.4, -0.2) is 12.3 Å². The van der Waals surface area contributed by atoms with Gasteiger partial charge in [-0.05, 0) is 6.08 Å². The molecule has 0 unspecified atom stereocenters. The average Bonchev–Trinajstić information content (AvgIpc) is 1.87. The molecule has 0 aromatic heterocycles. The van der Waals surface area contributed by atoms with Gasteiger partial charge in [0.05, 0.1) is 0 Å². The second-order valence-electron chi connectivity index (χ2n) is 1.41. The van der Waals surface area contributed by atoms with Crippen molar-refractivity contribution in [3.05, 3.63) is 24.4 Å². The molecule has 54 valence electrons. The SMILES string of the molecule is NC(=O)C=CC=CNC=O. The van der Waals surface area contributed by atoms with Gasteiger partial charge in [0.2, 0.25) is 12.3 Å². The zero-order valence-corrected chi connectivity index (χ0v) is 5.28. The van der Waals surface area contributed by atoms with Crippen molar-refractivity contribution in [3.63, 3.8) is 0 Å². The Kier molecular flexibility index (Phi) is 4.68. The van der Waals surface area contributed by atoms with Gasteiger partial charge >= 0.3 is 0 Å². The summed E-state index contributed by atoms with van der Waals surface area (Å²) in [5.74, 6) is -0.518. The Bertz CT molecular complexity index is 173. The highest BCUT2D eigenvalue weighted by molar-refractivity contribution is 5.85. The highest BCUT2D eigenvalue weighted by Crippen LogP contribution is 1.71. The first-order chi connectivity index (χ1) is 4.77. The standard InChI is InChI=1S/C6H8N2O2/c7-6(10)3-1-2-4-8-5-9/h1-5H,(H2,7,10)(H,8,9). The molecule has 0 spiro atoms. The van der Waals surface area contributed by atoms with Crippen LogP contribution in [0.25, 0.3) is 0 Å². The number of carbonyl (C=O) groups excluding carboxylic acids is 2. The van der Waals surface area contributed by atoms with Gasteiger partial charge in [0.15, 0.2) is 0 Å². The van der Waals surface area contributed by atoms with Crippen molar-refractivity contribution >= 4 is 12.3 Å². The molecule has 10 heavy (non-hydrogen) atoms. The predicted molar refractivity (Wildman–Crippen MR) is 36.7 cm³/mol. The summed E-state index contributed by atoms with van der Waals surface area (Å²) in [7, 11) is 0. The van der Waals surface area contributed by atoms with E-state index in [1.807, 2.05) is 0 Å². The maximum Gasteiger partial charge on any atom is 0.241 e. The first-order valence-corrected chi connectivity index (χ1v) is 2.59. The molecule has 0 atom stereocenters. The van der Waals surface area contributed by atoms with Gasteiger partial charge in [0.1, 0.15) is 0 Å². The first-order valence-electron chi connectivity index (χ1n) is 2.59. The Balaban J connectivity index is 3.51. The van der Waals surface area contributed by atoms with Crippen LogP contribution in [0.4, 0.5) is 0 Å². The average molecular weight is 140 g/mol. The van der Waals surface area contributed by atoms with Crippen LogP contribution >= 0.6 is 0 Å². The summed E-state index contributed by atoms with van der Waals surface area (Å²) >= 11 is 0. The monoisotopic (exact) mass is 140 g/mol. The zero-order chi connectivity index (χ0) is 7.82. The number of allylic oxidation sites excluding steroid dienone is 2. The van der Waals surface area contributed by atoms with E-state index in [2.05, 4.69) is 5.32 Å². The van der Waals surface area contributed by atoms with Crippen LogP contribution in [0.3, 0.4) is 0 Å². The molecule has 0 rings (SSSR count). The molecule has 0 saturated heterocycles. The Morgan fingerprint density at radius 3 is 2.60 bits per heavy atom. The number of hydrogen-bond acceptors (Lipinski definition) is 2. The second-order valence-corrected chi connectivity index (χ2v) is 1.41. The second kappa shape index (κ2) is 5.55. The molecular weight excluding hydrogens is 132 g/mol. The third-order valence-corrected chi connectivity index (χ3v) is 0.632. The van der Waals surface area contributed by atoms with Gasteiger partial charge in [-0.25, -0.2) is 0 Å². The summed E-state index contributed by atoms with van der Waals surface area (Å²) in [6, 6.07) is 0. The van der Waals surface area contributed by atoms with E-state index in [1.54, 1.807) is 0 Å². The summed E-state index contributed by atoms with van der Waals surface area (Å²) in [5.41, 5.74) is 4.76. The van der Waals surface area contributed by atoms with Gasteiger partial charge in [-0.1, -0.05) is 6.08 Å². The summed E-state index contributed by atoms with van der Waals surface area (Å²) in [5, 5.41) is 2.26. The van der Waals surface area contributed by atoms with E-state index in [0.29, 0.717) is 6.41 Å². The molecule has 0 saturated carbocycles. The number of nitrogens with one attached hydrogen (secondary N) is 1. The summed E-state index contributed by atoms with van der Waals surface area (Å²) in [6.45, 7) is 0. The van der Waals surface area contributed by atoms with E-state index in [9.17, 15) is 9.59 Å². The van der Waals surface area contributed by atoms with Gasteiger partial charge in [-0.3, -0.25) is 9.59 Å². The van der Waals surface area contributed by atoms with Crippen molar-refractivity contribution in [2.24, 2.45) is 5.73 Å². The van der Waals surface area contributed by atoms with Crippen LogP contribution in [0, 0.1) is 0 Å². The number of nitrogens with two attached hydrogens (primary N) is 1. The maximum absolute atomic E-state index is 10.0. The van der Waals surface area contributed by atoms with E-state index in [-0.39, 0.29) is 0 Å². The molecule has 0 aliphatic heterocycles. The first kappa shape index (κ1) is 8.42. The van der Waals surface area contributed by atoms with Crippen molar-refractivity contribution in [1.82, 2.24) is 5.32 Å². The third kappa shape index (κ3) is 6.42. The fraction of sp³-hybridized carbons (Fsp3) is 0. The Labute approximate surface area is 58.4 Å². The minimum atomic E-state index is -0.518. The van der Waals surface area contributed by atoms with Crippen molar-refractivity contribution in [1.29, 1.82) is 0 Å². The van der Waals surface area contributed by atoms with E-state index in [1.165, 1.54) is 24.4 Å². The molecule has 0 aliphatic carbocycles. The molecule has 0 radical (unpaired) electrons. The predicted octanol–water partition coefficient (Wildman–Crippen LogP) is -0.712. The Morgan fingerprint density at radius 2 is 2.10 bits per heavy atom. The van der Waals surface area contributed by atoms with Gasteiger partial charge in [0, 0.05) is 12.3 Å². The summed E-state index contributed by atoms with van der Waals surface area (Å²) < 4.78 is 0. The number of primary amides is 1. The third-order valence-electron chi connectivity index (χ3n) is 0.632. The molecule has 0 aliphatic rings. The number of carbonyl (C=O) groups is 2. The molecule has 0 heterocycles. The van der Waals surface area contributed by atoms with E-state index in [4.69, 9.17) is 5.73 Å². The van der Waals surface area contributed by atoms with E-state index in [0.717, 1.165) is 0 Å². The fourth-order valence-corrected chi connectivity index (χ4v) is 0.301. The lowest BCUT2D eigenvalue weighted by Crippen LogP contribution is -2.05. The zero-order valence-electron chi connectivity index (χ0n) is 5.28. The van der Waals surface area contributed by atoms with Crippen molar-refractivity contribution in [2.45, 2.75) is 0 Å². The highest BCUT2D eigenvalue weighted by atomic mass is 16.1. The van der Waals surface area contributed by atoms with Crippen molar-refractivity contribution in [3.8, 4) is 0 Å². The molecule has 2 amide bonds. The van der Waals surface area contributed by atoms with Crippen LogP contribution in [0.1, 0.15) is 0 Å². The van der Waals surface area contributed by atoms with E-state index < -0.39 is 5.91 Å². The number of rotatable bonds is 4.